The van der Waals surface area contributed by atoms with Gasteiger partial charge in [-0.25, -0.2) is 4.79 Å². The molecule has 2 N–H and O–H groups in total. The molecule has 0 atom stereocenters. The number of hydrogen-bond donors (Lipinski definition) is 2. The van der Waals surface area contributed by atoms with Gasteiger partial charge in [-0.2, -0.15) is 0 Å². The van der Waals surface area contributed by atoms with E-state index in [1.165, 1.54) is 7.11 Å². The number of amides is 2. The maximum atomic E-state index is 12.2. The van der Waals surface area contributed by atoms with Gasteiger partial charge in [0.05, 0.1) is 7.11 Å². The van der Waals surface area contributed by atoms with Gasteiger partial charge in [-0.05, 0) is 48.5 Å². The van der Waals surface area contributed by atoms with Crippen LogP contribution in [0.2, 0.25) is 0 Å². The molecule has 2 aromatic rings. The molecule has 0 aliphatic heterocycles. The number of methoxy groups -OCH3 is 2. The third-order valence-electron chi connectivity index (χ3n) is 3.41. The summed E-state index contributed by atoms with van der Waals surface area (Å²) in [4.78, 5) is 35.1. The zero-order valence-corrected chi connectivity index (χ0v) is 15.0. The second-order valence-corrected chi connectivity index (χ2v) is 5.40. The Morgan fingerprint density at radius 2 is 1.41 bits per heavy atom. The summed E-state index contributed by atoms with van der Waals surface area (Å²) in [7, 11) is 2.92. The monoisotopic (exact) mass is 372 g/mol. The van der Waals surface area contributed by atoms with Crippen molar-refractivity contribution >= 4 is 29.2 Å². The first kappa shape index (κ1) is 19.9. The van der Waals surface area contributed by atoms with E-state index in [1.807, 2.05) is 0 Å². The van der Waals surface area contributed by atoms with Gasteiger partial charge in [0.15, 0.2) is 6.61 Å². The van der Waals surface area contributed by atoms with Crippen LogP contribution >= 0.6 is 0 Å². The fraction of sp³-hybridized carbons (Fsp3) is 0.211. The standard InChI is InChI=1S/C19H20N2O6/c1-25-12-18(23)27-11-17(22)20-14-5-3-13(4-6-14)19(24)21-15-7-9-16(26-2)10-8-15/h3-10H,11-12H2,1-2H3,(H,20,22)(H,21,24). The number of esters is 1. The van der Waals surface area contributed by atoms with Crippen molar-refractivity contribution in [3.8, 4) is 5.75 Å². The molecule has 0 bridgehead atoms. The highest BCUT2D eigenvalue weighted by atomic mass is 16.6. The Morgan fingerprint density at radius 3 is 2.00 bits per heavy atom. The van der Waals surface area contributed by atoms with Gasteiger partial charge in [-0.3, -0.25) is 9.59 Å². The zero-order chi connectivity index (χ0) is 19.6. The molecule has 8 heteroatoms. The van der Waals surface area contributed by atoms with Crippen LogP contribution < -0.4 is 15.4 Å². The minimum absolute atomic E-state index is 0.217. The Balaban J connectivity index is 1.87. The highest BCUT2D eigenvalue weighted by Crippen LogP contribution is 2.16. The van der Waals surface area contributed by atoms with E-state index in [9.17, 15) is 14.4 Å². The van der Waals surface area contributed by atoms with Gasteiger partial charge < -0.3 is 24.8 Å². The minimum Gasteiger partial charge on any atom is -0.497 e. The summed E-state index contributed by atoms with van der Waals surface area (Å²) in [5.74, 6) is -0.708. The molecule has 142 valence electrons. The highest BCUT2D eigenvalue weighted by molar-refractivity contribution is 6.04. The maximum absolute atomic E-state index is 12.2. The summed E-state index contributed by atoms with van der Waals surface area (Å²) in [5, 5.41) is 5.33. The number of ether oxygens (including phenoxy) is 3. The molecule has 0 aliphatic carbocycles. The van der Waals surface area contributed by atoms with E-state index in [-0.39, 0.29) is 12.5 Å². The van der Waals surface area contributed by atoms with Gasteiger partial charge >= 0.3 is 5.97 Å². The number of benzene rings is 2. The van der Waals surface area contributed by atoms with Gasteiger partial charge in [0.25, 0.3) is 11.8 Å². The molecule has 0 saturated heterocycles. The largest absolute Gasteiger partial charge is 0.497 e. The zero-order valence-electron chi connectivity index (χ0n) is 15.0. The second-order valence-electron chi connectivity index (χ2n) is 5.40. The summed E-state index contributed by atoms with van der Waals surface area (Å²) >= 11 is 0. The SMILES string of the molecule is COCC(=O)OCC(=O)Nc1ccc(C(=O)Nc2ccc(OC)cc2)cc1. The van der Waals surface area contributed by atoms with Crippen LogP contribution in [0, 0.1) is 0 Å². The molecule has 0 saturated carbocycles. The lowest BCUT2D eigenvalue weighted by Crippen LogP contribution is -2.22. The first-order valence-corrected chi connectivity index (χ1v) is 8.01. The number of anilines is 2. The number of carbonyl (C=O) groups excluding carboxylic acids is 3. The van der Waals surface area contributed by atoms with Crippen molar-refractivity contribution in [2.75, 3.05) is 38.1 Å². The van der Waals surface area contributed by atoms with E-state index >= 15 is 0 Å². The molecular weight excluding hydrogens is 352 g/mol. The van der Waals surface area contributed by atoms with Crippen molar-refractivity contribution in [2.45, 2.75) is 0 Å². The molecule has 8 nitrogen and oxygen atoms in total. The van der Waals surface area contributed by atoms with Gasteiger partial charge in [0.2, 0.25) is 0 Å². The number of rotatable bonds is 8. The van der Waals surface area contributed by atoms with Crippen LogP contribution in [0.5, 0.6) is 5.75 Å². The molecule has 0 aliphatic rings. The first-order chi connectivity index (χ1) is 13.0. The van der Waals surface area contributed by atoms with Crippen molar-refractivity contribution < 1.29 is 28.6 Å². The molecule has 27 heavy (non-hydrogen) atoms. The van der Waals surface area contributed by atoms with E-state index in [1.54, 1.807) is 55.6 Å². The summed E-state index contributed by atoms with van der Waals surface area (Å²) in [6.45, 7) is -0.632. The molecule has 0 fully saturated rings. The summed E-state index contributed by atoms with van der Waals surface area (Å²) in [6, 6.07) is 13.3. The Labute approximate surface area is 156 Å². The number of nitrogens with one attached hydrogen (secondary N) is 2. The Morgan fingerprint density at radius 1 is 0.815 bits per heavy atom. The Bertz CT molecular complexity index is 787. The number of hydrogen-bond acceptors (Lipinski definition) is 6. The van der Waals surface area contributed by atoms with E-state index < -0.39 is 18.5 Å². The van der Waals surface area contributed by atoms with Crippen LogP contribution in [0.4, 0.5) is 11.4 Å². The van der Waals surface area contributed by atoms with Crippen molar-refractivity contribution in [1.29, 1.82) is 0 Å². The van der Waals surface area contributed by atoms with Gasteiger partial charge in [0.1, 0.15) is 12.4 Å². The molecule has 0 unspecified atom stereocenters. The lowest BCUT2D eigenvalue weighted by molar-refractivity contribution is -0.150. The van der Waals surface area contributed by atoms with E-state index in [0.29, 0.717) is 22.7 Å². The van der Waals surface area contributed by atoms with Crippen molar-refractivity contribution in [2.24, 2.45) is 0 Å². The fourth-order valence-corrected chi connectivity index (χ4v) is 2.09. The van der Waals surface area contributed by atoms with E-state index in [4.69, 9.17) is 9.47 Å². The molecule has 2 rings (SSSR count). The predicted octanol–water partition coefficient (Wildman–Crippen LogP) is 2.08. The predicted molar refractivity (Wildman–Crippen MR) is 98.9 cm³/mol. The van der Waals surface area contributed by atoms with Gasteiger partial charge in [-0.15, -0.1) is 0 Å². The highest BCUT2D eigenvalue weighted by Gasteiger charge is 2.09. The maximum Gasteiger partial charge on any atom is 0.332 e. The van der Waals surface area contributed by atoms with Gasteiger partial charge in [0, 0.05) is 24.0 Å². The molecule has 0 radical (unpaired) electrons. The first-order valence-electron chi connectivity index (χ1n) is 8.01. The van der Waals surface area contributed by atoms with E-state index in [2.05, 4.69) is 15.4 Å². The van der Waals surface area contributed by atoms with Gasteiger partial charge in [-0.1, -0.05) is 0 Å². The Kier molecular flexibility index (Phi) is 7.33. The molecular formula is C19H20N2O6. The lowest BCUT2D eigenvalue weighted by atomic mass is 10.2. The quantitative estimate of drug-likeness (QED) is 0.688. The van der Waals surface area contributed by atoms with Crippen molar-refractivity contribution in [3.63, 3.8) is 0 Å². The third-order valence-corrected chi connectivity index (χ3v) is 3.41. The average Bonchev–Trinajstić information content (AvgIpc) is 2.68. The van der Waals surface area contributed by atoms with Crippen LogP contribution in [0.15, 0.2) is 48.5 Å². The third kappa shape index (κ3) is 6.44. The van der Waals surface area contributed by atoms with E-state index in [0.717, 1.165) is 0 Å². The van der Waals surface area contributed by atoms with Crippen LogP contribution in [-0.2, 0) is 19.1 Å². The van der Waals surface area contributed by atoms with Crippen LogP contribution in [0.25, 0.3) is 0 Å². The van der Waals surface area contributed by atoms with Crippen LogP contribution in [0.1, 0.15) is 10.4 Å². The van der Waals surface area contributed by atoms with Crippen LogP contribution in [0.3, 0.4) is 0 Å². The molecule has 2 aromatic carbocycles. The smallest absolute Gasteiger partial charge is 0.332 e. The molecule has 0 heterocycles. The average molecular weight is 372 g/mol. The van der Waals surface area contributed by atoms with Crippen LogP contribution in [-0.4, -0.2) is 45.2 Å². The number of carbonyl (C=O) groups is 3. The molecule has 0 spiro atoms. The normalized spacial score (nSPS) is 10.0. The Hall–Kier alpha value is -3.39. The molecule has 0 aromatic heterocycles. The van der Waals surface area contributed by atoms with Crippen molar-refractivity contribution in [3.05, 3.63) is 54.1 Å². The molecule has 2 amide bonds. The summed E-state index contributed by atoms with van der Waals surface area (Å²) in [5.41, 5.74) is 1.54. The summed E-state index contributed by atoms with van der Waals surface area (Å²) < 4.78 is 14.4. The minimum atomic E-state index is -0.627. The van der Waals surface area contributed by atoms with Crippen molar-refractivity contribution in [1.82, 2.24) is 0 Å². The summed E-state index contributed by atoms with van der Waals surface area (Å²) in [6.07, 6.45) is 0. The fourth-order valence-electron chi connectivity index (χ4n) is 2.09. The lowest BCUT2D eigenvalue weighted by Gasteiger charge is -2.08. The second kappa shape index (κ2) is 9.93. The topological polar surface area (TPSA) is 103 Å².